The zero-order chi connectivity index (χ0) is 14.8. The zero-order valence-corrected chi connectivity index (χ0v) is 13.4. The molecule has 1 atom stereocenters. The largest absolute Gasteiger partial charge is 0.305 e. The SMILES string of the molecule is CCc1nn(CC)c(CC(=O)C2(C)CCCCN2)c1Cl. The number of carbonyl (C=O) groups excluding carboxylic acids is 1. The summed E-state index contributed by atoms with van der Waals surface area (Å²) in [5.41, 5.74) is 1.35. The Morgan fingerprint density at radius 2 is 2.20 bits per heavy atom. The highest BCUT2D eigenvalue weighted by Gasteiger charge is 2.35. The van der Waals surface area contributed by atoms with Gasteiger partial charge in [0.1, 0.15) is 0 Å². The lowest BCUT2D eigenvalue weighted by Gasteiger charge is -2.33. The van der Waals surface area contributed by atoms with E-state index in [2.05, 4.69) is 10.4 Å². The summed E-state index contributed by atoms with van der Waals surface area (Å²) in [6, 6.07) is 0. The highest BCUT2D eigenvalue weighted by Crippen LogP contribution is 2.26. The molecule has 0 bridgehead atoms. The molecule has 5 heteroatoms. The van der Waals surface area contributed by atoms with Crippen molar-refractivity contribution in [3.8, 4) is 0 Å². The van der Waals surface area contributed by atoms with Crippen LogP contribution in [0.2, 0.25) is 5.02 Å². The number of piperidine rings is 1. The lowest BCUT2D eigenvalue weighted by atomic mass is 9.85. The molecule has 1 aliphatic rings. The van der Waals surface area contributed by atoms with Crippen LogP contribution in [0.5, 0.6) is 0 Å². The number of hydrogen-bond donors (Lipinski definition) is 1. The maximum absolute atomic E-state index is 12.6. The Morgan fingerprint density at radius 3 is 2.75 bits per heavy atom. The summed E-state index contributed by atoms with van der Waals surface area (Å²) in [4.78, 5) is 12.6. The number of hydrogen-bond acceptors (Lipinski definition) is 3. The van der Waals surface area contributed by atoms with Gasteiger partial charge >= 0.3 is 0 Å². The number of Topliss-reactive ketones (excluding diaryl/α,β-unsaturated/α-hetero) is 1. The van der Waals surface area contributed by atoms with E-state index < -0.39 is 5.54 Å². The first-order valence-corrected chi connectivity index (χ1v) is 7.92. The van der Waals surface area contributed by atoms with Gasteiger partial charge in [0, 0.05) is 6.54 Å². The van der Waals surface area contributed by atoms with Gasteiger partial charge < -0.3 is 5.32 Å². The van der Waals surface area contributed by atoms with E-state index in [9.17, 15) is 4.79 Å². The second-order valence-corrected chi connectivity index (χ2v) is 6.07. The number of nitrogens with one attached hydrogen (secondary N) is 1. The van der Waals surface area contributed by atoms with Gasteiger partial charge in [-0.25, -0.2) is 0 Å². The highest BCUT2D eigenvalue weighted by molar-refractivity contribution is 6.32. The lowest BCUT2D eigenvalue weighted by molar-refractivity contribution is -0.125. The fourth-order valence-corrected chi connectivity index (χ4v) is 3.16. The van der Waals surface area contributed by atoms with Gasteiger partial charge in [0.25, 0.3) is 0 Å². The van der Waals surface area contributed by atoms with Gasteiger partial charge in [-0.05, 0) is 46.1 Å². The average molecular weight is 298 g/mol. The Morgan fingerprint density at radius 1 is 1.45 bits per heavy atom. The first-order chi connectivity index (χ1) is 9.51. The van der Waals surface area contributed by atoms with Crippen LogP contribution in [0.4, 0.5) is 0 Å². The molecular formula is C15H24ClN3O. The van der Waals surface area contributed by atoms with E-state index in [0.717, 1.165) is 50.2 Å². The molecule has 1 fully saturated rings. The second kappa shape index (κ2) is 6.27. The number of halogens is 1. The molecule has 20 heavy (non-hydrogen) atoms. The maximum atomic E-state index is 12.6. The van der Waals surface area contributed by atoms with Crippen LogP contribution in [0.25, 0.3) is 0 Å². The first kappa shape index (κ1) is 15.5. The van der Waals surface area contributed by atoms with Crippen LogP contribution in [0.1, 0.15) is 51.4 Å². The number of rotatable bonds is 5. The average Bonchev–Trinajstić information content (AvgIpc) is 2.76. The number of nitrogens with zero attached hydrogens (tertiary/aromatic N) is 2. The van der Waals surface area contributed by atoms with Gasteiger partial charge in [-0.15, -0.1) is 0 Å². The van der Waals surface area contributed by atoms with Crippen LogP contribution < -0.4 is 5.32 Å². The molecule has 4 nitrogen and oxygen atoms in total. The molecule has 2 heterocycles. The molecule has 2 rings (SSSR count). The van der Waals surface area contributed by atoms with Crippen molar-refractivity contribution in [3.05, 3.63) is 16.4 Å². The third-order valence-electron chi connectivity index (χ3n) is 4.26. The van der Waals surface area contributed by atoms with Crippen molar-refractivity contribution >= 4 is 17.4 Å². The monoisotopic (exact) mass is 297 g/mol. The van der Waals surface area contributed by atoms with Gasteiger partial charge in [-0.3, -0.25) is 9.48 Å². The molecule has 0 amide bonds. The summed E-state index contributed by atoms with van der Waals surface area (Å²) in [5, 5.41) is 8.52. The van der Waals surface area contributed by atoms with Crippen molar-refractivity contribution in [1.82, 2.24) is 15.1 Å². The zero-order valence-electron chi connectivity index (χ0n) is 12.6. The topological polar surface area (TPSA) is 46.9 Å². The third-order valence-corrected chi connectivity index (χ3v) is 4.69. The van der Waals surface area contributed by atoms with E-state index in [1.54, 1.807) is 0 Å². The minimum absolute atomic E-state index is 0.219. The Kier molecular flexibility index (Phi) is 4.86. The van der Waals surface area contributed by atoms with Crippen LogP contribution in [0.3, 0.4) is 0 Å². The molecule has 0 saturated carbocycles. The van der Waals surface area contributed by atoms with Crippen molar-refractivity contribution < 1.29 is 4.79 Å². The van der Waals surface area contributed by atoms with Crippen LogP contribution >= 0.6 is 11.6 Å². The van der Waals surface area contributed by atoms with Crippen molar-refractivity contribution in [2.75, 3.05) is 6.54 Å². The Labute approximate surface area is 125 Å². The summed E-state index contributed by atoms with van der Waals surface area (Å²) in [5.74, 6) is 0.219. The smallest absolute Gasteiger partial charge is 0.158 e. The number of ketones is 1. The molecule has 0 radical (unpaired) electrons. The summed E-state index contributed by atoms with van der Waals surface area (Å²) >= 11 is 6.38. The van der Waals surface area contributed by atoms with E-state index in [0.29, 0.717) is 11.4 Å². The van der Waals surface area contributed by atoms with Crippen LogP contribution in [0.15, 0.2) is 0 Å². The van der Waals surface area contributed by atoms with E-state index in [1.807, 2.05) is 25.5 Å². The van der Waals surface area contributed by atoms with Crippen molar-refractivity contribution in [1.29, 1.82) is 0 Å². The molecule has 0 aliphatic carbocycles. The molecule has 1 unspecified atom stereocenters. The van der Waals surface area contributed by atoms with Crippen molar-refractivity contribution in [3.63, 3.8) is 0 Å². The quantitative estimate of drug-likeness (QED) is 0.909. The van der Waals surface area contributed by atoms with Gasteiger partial charge in [0.05, 0.1) is 28.4 Å². The van der Waals surface area contributed by atoms with Crippen LogP contribution in [0, 0.1) is 0 Å². The predicted molar refractivity (Wildman–Crippen MR) is 81.3 cm³/mol. The molecule has 112 valence electrons. The minimum Gasteiger partial charge on any atom is -0.305 e. The molecule has 1 aliphatic heterocycles. The molecule has 0 spiro atoms. The van der Waals surface area contributed by atoms with E-state index in [1.165, 1.54) is 0 Å². The third kappa shape index (κ3) is 2.91. The molecule has 0 aromatic carbocycles. The van der Waals surface area contributed by atoms with Gasteiger partial charge in [0.2, 0.25) is 0 Å². The Bertz CT molecular complexity index is 490. The summed E-state index contributed by atoms with van der Waals surface area (Å²) < 4.78 is 1.87. The molecular weight excluding hydrogens is 274 g/mol. The van der Waals surface area contributed by atoms with Crippen LogP contribution in [-0.4, -0.2) is 27.6 Å². The van der Waals surface area contributed by atoms with E-state index >= 15 is 0 Å². The van der Waals surface area contributed by atoms with Gasteiger partial charge in [-0.2, -0.15) is 5.10 Å². The molecule has 1 N–H and O–H groups in total. The predicted octanol–water partition coefficient (Wildman–Crippen LogP) is 2.76. The standard InChI is InChI=1S/C15H24ClN3O/c1-4-11-14(16)12(19(5-2)18-11)10-13(20)15(3)8-6-7-9-17-15/h17H,4-10H2,1-3H3. The first-order valence-electron chi connectivity index (χ1n) is 7.54. The van der Waals surface area contributed by atoms with E-state index in [-0.39, 0.29) is 5.78 Å². The van der Waals surface area contributed by atoms with Gasteiger partial charge in [-0.1, -0.05) is 18.5 Å². The van der Waals surface area contributed by atoms with E-state index in [4.69, 9.17) is 11.6 Å². The second-order valence-electron chi connectivity index (χ2n) is 5.69. The highest BCUT2D eigenvalue weighted by atomic mass is 35.5. The Hall–Kier alpha value is -0.870. The molecule has 1 saturated heterocycles. The summed E-state index contributed by atoms with van der Waals surface area (Å²) in [7, 11) is 0. The lowest BCUT2D eigenvalue weighted by Crippen LogP contribution is -2.52. The van der Waals surface area contributed by atoms with Crippen molar-refractivity contribution in [2.45, 2.75) is 65.0 Å². The molecule has 1 aromatic rings. The number of aromatic nitrogens is 2. The minimum atomic E-state index is -0.406. The summed E-state index contributed by atoms with van der Waals surface area (Å²) in [6.07, 6.45) is 4.32. The number of carbonyl (C=O) groups is 1. The summed E-state index contributed by atoms with van der Waals surface area (Å²) in [6.45, 7) is 7.73. The van der Waals surface area contributed by atoms with Crippen LogP contribution in [-0.2, 0) is 24.2 Å². The number of aryl methyl sites for hydroxylation is 2. The Balaban J connectivity index is 2.20. The fraction of sp³-hybridized carbons (Fsp3) is 0.733. The van der Waals surface area contributed by atoms with Crippen molar-refractivity contribution in [2.24, 2.45) is 0 Å². The normalized spacial score (nSPS) is 23.0. The maximum Gasteiger partial charge on any atom is 0.158 e. The fourth-order valence-electron chi connectivity index (χ4n) is 2.83. The van der Waals surface area contributed by atoms with Gasteiger partial charge in [0.15, 0.2) is 5.78 Å². The molecule has 1 aromatic heterocycles.